The van der Waals surface area contributed by atoms with Crippen LogP contribution >= 0.6 is 0 Å². The molecule has 3 aromatic rings. The monoisotopic (exact) mass is 661 g/mol. The number of carbonyl (C=O) groups is 5. The van der Waals surface area contributed by atoms with Crippen LogP contribution in [0.3, 0.4) is 0 Å². The molecule has 0 heterocycles. The molecule has 0 aliphatic rings. The summed E-state index contributed by atoms with van der Waals surface area (Å²) >= 11 is 0. The van der Waals surface area contributed by atoms with Crippen LogP contribution in [0, 0.1) is 35.1 Å². The second kappa shape index (κ2) is 16.7. The lowest BCUT2D eigenvalue weighted by molar-refractivity contribution is -0.142. The first-order valence-corrected chi connectivity index (χ1v) is 14.2. The van der Waals surface area contributed by atoms with E-state index >= 15 is 0 Å². The highest BCUT2D eigenvalue weighted by Gasteiger charge is 2.33. The number of benzene rings is 3. The van der Waals surface area contributed by atoms with Crippen molar-refractivity contribution in [3.63, 3.8) is 0 Å². The Balaban J connectivity index is 1.63. The van der Waals surface area contributed by atoms with Gasteiger partial charge in [0.25, 0.3) is 0 Å². The highest BCUT2D eigenvalue weighted by Crippen LogP contribution is 2.27. The number of amides is 3. The lowest BCUT2D eigenvalue weighted by atomic mass is 9.94. The molecule has 3 aromatic carbocycles. The van der Waals surface area contributed by atoms with Gasteiger partial charge in [-0.25, -0.2) is 8.78 Å². The second-order valence-corrected chi connectivity index (χ2v) is 10.6. The number of ketones is 1. The number of Topliss-reactive ketones (excluding diaryl/α,β-unsaturated/α-hetero) is 1. The van der Waals surface area contributed by atoms with E-state index in [4.69, 9.17) is 4.74 Å². The largest absolute Gasteiger partial charge is 0.481 e. The molecule has 0 aromatic heterocycles. The molecular weight excluding hydrogens is 630 g/mol. The molecule has 2 atom stereocenters. The van der Waals surface area contributed by atoms with E-state index in [1.807, 2.05) is 6.07 Å². The third-order valence-corrected chi connectivity index (χ3v) is 6.37. The number of hydrogen-bond donors (Lipinski definition) is 4. The van der Waals surface area contributed by atoms with Gasteiger partial charge in [-0.05, 0) is 36.6 Å². The van der Waals surface area contributed by atoms with Crippen molar-refractivity contribution in [3.05, 3.63) is 83.9 Å². The zero-order valence-corrected chi connectivity index (χ0v) is 25.2. The van der Waals surface area contributed by atoms with E-state index in [2.05, 4.69) is 20.7 Å². The number of ether oxygens (including phenoxy) is 2. The molecule has 3 amide bonds. The van der Waals surface area contributed by atoms with Gasteiger partial charge < -0.3 is 30.5 Å². The Morgan fingerprint density at radius 1 is 0.830 bits per heavy atom. The second-order valence-electron chi connectivity index (χ2n) is 10.6. The molecule has 0 aliphatic carbocycles. The van der Waals surface area contributed by atoms with Crippen molar-refractivity contribution in [1.82, 2.24) is 10.6 Å². The summed E-state index contributed by atoms with van der Waals surface area (Å²) in [5, 5.41) is 16.3. The van der Waals surface area contributed by atoms with Crippen molar-refractivity contribution >= 4 is 35.2 Å². The lowest BCUT2D eigenvalue weighted by Crippen LogP contribution is -2.50. The average molecular weight is 662 g/mol. The zero-order valence-electron chi connectivity index (χ0n) is 25.2. The van der Waals surface area contributed by atoms with Crippen molar-refractivity contribution < 1.29 is 56.1 Å². The zero-order chi connectivity index (χ0) is 34.7. The Hall–Kier alpha value is -5.47. The number of anilines is 1. The number of rotatable bonds is 16. The molecule has 3 rings (SSSR count). The molecule has 0 aliphatic heterocycles. The topological polar surface area (TPSA) is 160 Å². The maximum Gasteiger partial charge on any atom is 0.305 e. The molecule has 0 bridgehead atoms. The standard InChI is InChI=1S/C32H31F4N3O8/c1-17(2)11-21(31(44)37-15-26(41)38-18-7-6-10-20(12-18)47-19-8-4-3-5-9-19)32(45)39-24(14-27(42)43)25(40)16-46-30-28(35)22(33)13-23(34)29(30)36/h3-10,12-13,17,21,24H,11,14-16H2,1-2H3,(H,37,44)(H,38,41)(H,39,45)(H,42,43). The van der Waals surface area contributed by atoms with Gasteiger partial charge in [-0.15, -0.1) is 0 Å². The van der Waals surface area contributed by atoms with E-state index < -0.39 is 90.0 Å². The van der Waals surface area contributed by atoms with E-state index in [1.54, 1.807) is 62.4 Å². The van der Waals surface area contributed by atoms with Crippen molar-refractivity contribution in [1.29, 1.82) is 0 Å². The minimum absolute atomic E-state index is 0.0735. The SMILES string of the molecule is CC(C)CC(C(=O)NCC(=O)Nc1cccc(Oc2ccccc2)c1)C(=O)NC(CC(=O)O)C(=O)COc1c(F)c(F)cc(F)c1F. The van der Waals surface area contributed by atoms with E-state index in [0.717, 1.165) is 0 Å². The summed E-state index contributed by atoms with van der Waals surface area (Å²) < 4.78 is 65.1. The van der Waals surface area contributed by atoms with Crippen molar-refractivity contribution in [2.45, 2.75) is 32.7 Å². The van der Waals surface area contributed by atoms with E-state index in [0.29, 0.717) is 17.2 Å². The number of nitrogens with one attached hydrogen (secondary N) is 3. The van der Waals surface area contributed by atoms with Crippen molar-refractivity contribution in [2.75, 3.05) is 18.5 Å². The van der Waals surface area contributed by atoms with Crippen LogP contribution in [-0.2, 0) is 24.0 Å². The lowest BCUT2D eigenvalue weighted by Gasteiger charge is -2.22. The van der Waals surface area contributed by atoms with Crippen LogP contribution in [0.5, 0.6) is 17.2 Å². The summed E-state index contributed by atoms with van der Waals surface area (Å²) in [4.78, 5) is 62.8. The summed E-state index contributed by atoms with van der Waals surface area (Å²) in [6.45, 7) is 1.52. The Bertz CT molecular complexity index is 1600. The van der Waals surface area contributed by atoms with Gasteiger partial charge in [0, 0.05) is 17.8 Å². The van der Waals surface area contributed by atoms with Crippen LogP contribution in [0.1, 0.15) is 26.7 Å². The van der Waals surface area contributed by atoms with Gasteiger partial charge in [0.1, 0.15) is 30.1 Å². The summed E-state index contributed by atoms with van der Waals surface area (Å²) in [7, 11) is 0. The van der Waals surface area contributed by atoms with E-state index in [-0.39, 0.29) is 18.4 Å². The summed E-state index contributed by atoms with van der Waals surface area (Å²) in [6, 6.07) is 13.4. The molecule has 0 saturated heterocycles. The summed E-state index contributed by atoms with van der Waals surface area (Å²) in [5.41, 5.74) is 0.354. The molecule has 47 heavy (non-hydrogen) atoms. The van der Waals surface area contributed by atoms with Crippen molar-refractivity contribution in [3.8, 4) is 17.2 Å². The number of para-hydroxylation sites is 1. The van der Waals surface area contributed by atoms with Crippen LogP contribution in [0.4, 0.5) is 23.2 Å². The molecule has 11 nitrogen and oxygen atoms in total. The molecule has 4 N–H and O–H groups in total. The summed E-state index contributed by atoms with van der Waals surface area (Å²) in [5.74, 6) is -15.2. The van der Waals surface area contributed by atoms with E-state index in [9.17, 15) is 46.6 Å². The molecular formula is C32H31F4N3O8. The quantitative estimate of drug-likeness (QED) is 0.100. The van der Waals surface area contributed by atoms with Gasteiger partial charge in [0.2, 0.25) is 29.4 Å². The number of halogens is 4. The van der Waals surface area contributed by atoms with Crippen molar-refractivity contribution in [2.24, 2.45) is 11.8 Å². The fraction of sp³-hybridized carbons (Fsp3) is 0.281. The minimum atomic E-state index is -1.93. The number of carboxylic acids is 1. The first-order valence-electron chi connectivity index (χ1n) is 14.2. The minimum Gasteiger partial charge on any atom is -0.481 e. The normalized spacial score (nSPS) is 12.1. The first kappa shape index (κ1) is 36.0. The highest BCUT2D eigenvalue weighted by atomic mass is 19.2. The number of hydrogen-bond acceptors (Lipinski definition) is 7. The maximum absolute atomic E-state index is 13.9. The van der Waals surface area contributed by atoms with Crippen LogP contribution in [0.15, 0.2) is 60.7 Å². The van der Waals surface area contributed by atoms with Crippen LogP contribution in [0.2, 0.25) is 0 Å². The molecule has 2 unspecified atom stereocenters. The van der Waals surface area contributed by atoms with Gasteiger partial charge in [-0.2, -0.15) is 8.78 Å². The number of carboxylic acid groups (broad SMARTS) is 1. The third-order valence-electron chi connectivity index (χ3n) is 6.37. The summed E-state index contributed by atoms with van der Waals surface area (Å²) in [6.07, 6.45) is -1.11. The highest BCUT2D eigenvalue weighted by molar-refractivity contribution is 6.04. The van der Waals surface area contributed by atoms with Crippen LogP contribution < -0.4 is 25.4 Å². The maximum atomic E-state index is 13.9. The van der Waals surface area contributed by atoms with Gasteiger partial charge in [-0.3, -0.25) is 24.0 Å². The molecule has 15 heteroatoms. The molecule has 0 spiro atoms. The van der Waals surface area contributed by atoms with Crippen LogP contribution in [0.25, 0.3) is 0 Å². The molecule has 0 saturated carbocycles. The van der Waals surface area contributed by atoms with Gasteiger partial charge in [-0.1, -0.05) is 38.1 Å². The van der Waals surface area contributed by atoms with Crippen LogP contribution in [-0.4, -0.2) is 53.8 Å². The number of aliphatic carboxylic acids is 1. The first-order chi connectivity index (χ1) is 22.2. The third kappa shape index (κ3) is 10.8. The smallest absolute Gasteiger partial charge is 0.305 e. The van der Waals surface area contributed by atoms with Gasteiger partial charge in [0.05, 0.1) is 13.0 Å². The molecule has 0 fully saturated rings. The average Bonchev–Trinajstić information content (AvgIpc) is 3.01. The predicted octanol–water partition coefficient (Wildman–Crippen LogP) is 4.36. The van der Waals surface area contributed by atoms with E-state index in [1.165, 1.54) is 0 Å². The van der Waals surface area contributed by atoms with Gasteiger partial charge >= 0.3 is 5.97 Å². The fourth-order valence-corrected chi connectivity index (χ4v) is 4.18. The Morgan fingerprint density at radius 3 is 2.09 bits per heavy atom. The molecule has 0 radical (unpaired) electrons. The molecule has 250 valence electrons. The Labute approximate surface area is 266 Å². The Kier molecular flexibility index (Phi) is 12.8. The fourth-order valence-electron chi connectivity index (χ4n) is 4.18. The Morgan fingerprint density at radius 2 is 1.47 bits per heavy atom. The number of carbonyl (C=O) groups excluding carboxylic acids is 4. The predicted molar refractivity (Wildman–Crippen MR) is 159 cm³/mol. The van der Waals surface area contributed by atoms with Gasteiger partial charge in [0.15, 0.2) is 23.2 Å².